The van der Waals surface area contributed by atoms with Crippen molar-refractivity contribution in [2.75, 3.05) is 5.32 Å². The number of nitriles is 1. The molecule has 2 aromatic carbocycles. The average Bonchev–Trinajstić information content (AvgIpc) is 3.35. The first-order valence-corrected chi connectivity index (χ1v) is 8.79. The summed E-state index contributed by atoms with van der Waals surface area (Å²) in [5.74, 6) is -0.304. The Balaban J connectivity index is 1.59. The Labute approximate surface area is 161 Å². The van der Waals surface area contributed by atoms with E-state index in [0.29, 0.717) is 16.9 Å². The molecule has 0 aliphatic rings. The minimum absolute atomic E-state index is 0.304. The van der Waals surface area contributed by atoms with Gasteiger partial charge in [0.05, 0.1) is 34.6 Å². The van der Waals surface area contributed by atoms with E-state index in [-0.39, 0.29) is 5.91 Å². The van der Waals surface area contributed by atoms with Crippen LogP contribution in [0.25, 0.3) is 10.9 Å². The molecule has 0 aliphatic heterocycles. The van der Waals surface area contributed by atoms with Crippen molar-refractivity contribution in [3.8, 4) is 6.07 Å². The summed E-state index contributed by atoms with van der Waals surface area (Å²) in [4.78, 5) is 12.6. The molecule has 0 saturated carbocycles. The van der Waals surface area contributed by atoms with Gasteiger partial charge in [-0.05, 0) is 37.6 Å². The van der Waals surface area contributed by atoms with Crippen LogP contribution in [0.3, 0.4) is 0 Å². The number of benzene rings is 2. The van der Waals surface area contributed by atoms with Gasteiger partial charge in [-0.2, -0.15) is 15.5 Å². The quantitative estimate of drug-likeness (QED) is 0.572. The molecule has 7 nitrogen and oxygen atoms in total. The summed E-state index contributed by atoms with van der Waals surface area (Å²) >= 11 is 0. The first-order valence-electron chi connectivity index (χ1n) is 8.79. The van der Waals surface area contributed by atoms with Gasteiger partial charge in [0.25, 0.3) is 5.91 Å². The number of para-hydroxylation sites is 1. The highest BCUT2D eigenvalue weighted by Gasteiger charge is 2.25. The first kappa shape index (κ1) is 17.5. The fourth-order valence-electron chi connectivity index (χ4n) is 3.12. The number of anilines is 1. The molecule has 28 heavy (non-hydrogen) atoms. The molecule has 2 N–H and O–H groups in total. The largest absolute Gasteiger partial charge is 0.318 e. The molecule has 4 aromatic rings. The normalized spacial score (nSPS) is 11.3. The van der Waals surface area contributed by atoms with Crippen LogP contribution >= 0.6 is 0 Å². The van der Waals surface area contributed by atoms with Gasteiger partial charge < -0.3 is 5.32 Å². The van der Waals surface area contributed by atoms with Crippen LogP contribution in [-0.4, -0.2) is 25.9 Å². The van der Waals surface area contributed by atoms with Gasteiger partial charge in [0.1, 0.15) is 0 Å². The molecule has 1 amide bonds. The molecular weight excluding hydrogens is 352 g/mol. The molecule has 0 saturated heterocycles. The third kappa shape index (κ3) is 3.01. The summed E-state index contributed by atoms with van der Waals surface area (Å²) < 4.78 is 1.77. The number of rotatable bonds is 4. The van der Waals surface area contributed by atoms with Crippen molar-refractivity contribution in [3.63, 3.8) is 0 Å². The van der Waals surface area contributed by atoms with Crippen molar-refractivity contribution in [1.82, 2.24) is 20.0 Å². The van der Waals surface area contributed by atoms with Crippen molar-refractivity contribution in [3.05, 3.63) is 77.7 Å². The number of carbonyl (C=O) groups excluding carboxylic acids is 1. The molecule has 0 spiro atoms. The molecule has 0 fully saturated rings. The van der Waals surface area contributed by atoms with Gasteiger partial charge in [0, 0.05) is 11.6 Å². The Morgan fingerprint density at radius 3 is 2.86 bits per heavy atom. The van der Waals surface area contributed by atoms with Gasteiger partial charge in [-0.1, -0.05) is 30.3 Å². The van der Waals surface area contributed by atoms with Crippen LogP contribution in [0.5, 0.6) is 0 Å². The van der Waals surface area contributed by atoms with E-state index in [0.717, 1.165) is 16.5 Å². The zero-order valence-electron chi connectivity index (χ0n) is 15.5. The molecule has 138 valence electrons. The number of hydrogen-bond donors (Lipinski definition) is 2. The molecule has 2 heterocycles. The Kier molecular flexibility index (Phi) is 4.17. The molecule has 0 atom stereocenters. The zero-order chi connectivity index (χ0) is 19.7. The van der Waals surface area contributed by atoms with Gasteiger partial charge in [-0.15, -0.1) is 0 Å². The topological polar surface area (TPSA) is 99.4 Å². The predicted octanol–water partition coefficient (Wildman–Crippen LogP) is 3.67. The monoisotopic (exact) mass is 370 g/mol. The molecule has 0 radical (unpaired) electrons. The molecule has 0 bridgehead atoms. The number of H-pyrrole nitrogens is 1. The number of hydrogen-bond acceptors (Lipinski definition) is 4. The highest BCUT2D eigenvalue weighted by Crippen LogP contribution is 2.27. The maximum Gasteiger partial charge on any atom is 0.276 e. The van der Waals surface area contributed by atoms with E-state index in [4.69, 9.17) is 5.26 Å². The van der Waals surface area contributed by atoms with Gasteiger partial charge in [0.15, 0.2) is 5.69 Å². The summed E-state index contributed by atoms with van der Waals surface area (Å²) in [6.07, 6.45) is 3.37. The Morgan fingerprint density at radius 2 is 2.04 bits per heavy atom. The maximum absolute atomic E-state index is 12.6. The van der Waals surface area contributed by atoms with Crippen LogP contribution in [0.1, 0.15) is 35.5 Å². The van der Waals surface area contributed by atoms with E-state index in [2.05, 4.69) is 26.7 Å². The van der Waals surface area contributed by atoms with Crippen molar-refractivity contribution in [1.29, 1.82) is 5.26 Å². The van der Waals surface area contributed by atoms with Gasteiger partial charge >= 0.3 is 0 Å². The van der Waals surface area contributed by atoms with E-state index in [1.165, 1.54) is 0 Å². The second kappa shape index (κ2) is 6.67. The highest BCUT2D eigenvalue weighted by molar-refractivity contribution is 6.10. The Hall–Kier alpha value is -3.92. The lowest BCUT2D eigenvalue weighted by Gasteiger charge is -2.26. The molecule has 7 heteroatoms. The van der Waals surface area contributed by atoms with Gasteiger partial charge in [-0.3, -0.25) is 14.6 Å². The van der Waals surface area contributed by atoms with E-state index in [1.54, 1.807) is 23.1 Å². The third-order valence-corrected chi connectivity index (χ3v) is 4.80. The average molecular weight is 370 g/mol. The number of amides is 1. The second-order valence-electron chi connectivity index (χ2n) is 7.00. The van der Waals surface area contributed by atoms with Crippen molar-refractivity contribution in [2.45, 2.75) is 19.4 Å². The SMILES string of the molecule is CC(C)(c1cccc(C#N)c1)n1cc(NC(=O)c2n[nH]c3ccccc23)cn1. The second-order valence-corrected chi connectivity index (χ2v) is 7.00. The number of nitrogens with zero attached hydrogens (tertiary/aromatic N) is 4. The smallest absolute Gasteiger partial charge is 0.276 e. The predicted molar refractivity (Wildman–Crippen MR) is 106 cm³/mol. The number of fused-ring (bicyclic) bond motifs is 1. The standard InChI is InChI=1S/C21H18N6O/c1-21(2,15-7-5-6-14(10-15)11-22)27-13-16(12-23-27)24-20(28)19-17-8-3-4-9-18(17)25-26-19/h3-10,12-13H,1-2H3,(H,24,28)(H,25,26). The lowest BCUT2D eigenvalue weighted by Crippen LogP contribution is -2.28. The minimum atomic E-state index is -0.491. The van der Waals surface area contributed by atoms with E-state index >= 15 is 0 Å². The Morgan fingerprint density at radius 1 is 1.21 bits per heavy atom. The third-order valence-electron chi connectivity index (χ3n) is 4.80. The van der Waals surface area contributed by atoms with E-state index in [9.17, 15) is 4.79 Å². The number of aromatic nitrogens is 4. The van der Waals surface area contributed by atoms with Crippen LogP contribution < -0.4 is 5.32 Å². The first-order chi connectivity index (χ1) is 13.5. The van der Waals surface area contributed by atoms with Crippen LogP contribution in [0.4, 0.5) is 5.69 Å². The lowest BCUT2D eigenvalue weighted by atomic mass is 9.93. The maximum atomic E-state index is 12.6. The summed E-state index contributed by atoms with van der Waals surface area (Å²) in [6.45, 7) is 4.01. The van der Waals surface area contributed by atoms with Crippen molar-refractivity contribution >= 4 is 22.5 Å². The summed E-state index contributed by atoms with van der Waals surface area (Å²) in [5, 5.41) is 24.1. The molecule has 2 aromatic heterocycles. The fraction of sp³-hybridized carbons (Fsp3) is 0.143. The minimum Gasteiger partial charge on any atom is -0.318 e. The zero-order valence-corrected chi connectivity index (χ0v) is 15.5. The van der Waals surface area contributed by atoms with Crippen LogP contribution in [0.2, 0.25) is 0 Å². The van der Waals surface area contributed by atoms with Crippen molar-refractivity contribution < 1.29 is 4.79 Å². The van der Waals surface area contributed by atoms with E-state index < -0.39 is 5.54 Å². The summed E-state index contributed by atoms with van der Waals surface area (Å²) in [7, 11) is 0. The summed E-state index contributed by atoms with van der Waals surface area (Å²) in [5.41, 5.74) is 2.77. The fourth-order valence-corrected chi connectivity index (χ4v) is 3.12. The lowest BCUT2D eigenvalue weighted by molar-refractivity contribution is 0.102. The van der Waals surface area contributed by atoms with Crippen LogP contribution in [-0.2, 0) is 5.54 Å². The summed E-state index contributed by atoms with van der Waals surface area (Å²) in [6, 6.07) is 17.0. The molecule has 0 unspecified atom stereocenters. The van der Waals surface area contributed by atoms with Gasteiger partial charge in [-0.25, -0.2) is 0 Å². The number of nitrogens with one attached hydrogen (secondary N) is 2. The van der Waals surface area contributed by atoms with Gasteiger partial charge in [0.2, 0.25) is 0 Å². The number of aromatic amines is 1. The molecular formula is C21H18N6O. The molecule has 4 rings (SSSR count). The van der Waals surface area contributed by atoms with Crippen LogP contribution in [0, 0.1) is 11.3 Å². The number of carbonyl (C=O) groups is 1. The molecule has 0 aliphatic carbocycles. The highest BCUT2D eigenvalue weighted by atomic mass is 16.2. The van der Waals surface area contributed by atoms with E-state index in [1.807, 2.05) is 56.3 Å². The Bertz CT molecular complexity index is 1210. The van der Waals surface area contributed by atoms with Crippen LogP contribution in [0.15, 0.2) is 60.9 Å². The van der Waals surface area contributed by atoms with Crippen molar-refractivity contribution in [2.24, 2.45) is 0 Å².